The largest absolute Gasteiger partial charge is 0.492 e. The number of pyridine rings is 1. The number of rotatable bonds is 5. The summed E-state index contributed by atoms with van der Waals surface area (Å²) < 4.78 is 17.5. The highest BCUT2D eigenvalue weighted by Crippen LogP contribution is 2.39. The van der Waals surface area contributed by atoms with Gasteiger partial charge in [-0.1, -0.05) is 6.08 Å². The van der Waals surface area contributed by atoms with E-state index in [9.17, 15) is 4.79 Å². The Morgan fingerprint density at radius 1 is 1.33 bits per heavy atom. The Labute approximate surface area is 143 Å². The van der Waals surface area contributed by atoms with E-state index >= 15 is 0 Å². The average Bonchev–Trinajstić information content (AvgIpc) is 2.71. The molecule has 0 aliphatic carbocycles. The van der Waals surface area contributed by atoms with Gasteiger partial charge in [0.25, 0.3) is 0 Å². The van der Waals surface area contributed by atoms with Crippen molar-refractivity contribution in [3.8, 4) is 5.88 Å². The summed E-state index contributed by atoms with van der Waals surface area (Å²) in [5, 5.41) is 2.81. The number of nitrogens with one attached hydrogen (secondary N) is 1. The molecule has 1 amide bonds. The minimum absolute atomic E-state index is 0.115. The zero-order valence-corrected chi connectivity index (χ0v) is 15.2. The Kier molecular flexibility index (Phi) is 5.35. The Morgan fingerprint density at radius 2 is 1.96 bits per heavy atom. The lowest BCUT2D eigenvalue weighted by molar-refractivity contribution is -0.118. The zero-order chi connectivity index (χ0) is 18.0. The van der Waals surface area contributed by atoms with Crippen molar-refractivity contribution in [1.82, 2.24) is 10.3 Å². The van der Waals surface area contributed by atoms with Gasteiger partial charge in [-0.05, 0) is 45.3 Å². The molecule has 6 nitrogen and oxygen atoms in total. The van der Waals surface area contributed by atoms with E-state index in [1.165, 1.54) is 6.92 Å². The summed E-state index contributed by atoms with van der Waals surface area (Å²) in [5.74, 6) is 0.393. The van der Waals surface area contributed by atoms with Gasteiger partial charge in [-0.15, -0.1) is 0 Å². The molecular weight excluding hydrogens is 307 g/mol. The zero-order valence-electron chi connectivity index (χ0n) is 15.2. The van der Waals surface area contributed by atoms with E-state index < -0.39 is 18.3 Å². The highest BCUT2D eigenvalue weighted by Gasteiger charge is 2.52. The molecule has 1 aromatic rings. The molecule has 1 fully saturated rings. The van der Waals surface area contributed by atoms with Crippen molar-refractivity contribution in [1.29, 1.82) is 0 Å². The molecule has 0 bridgehead atoms. The van der Waals surface area contributed by atoms with Gasteiger partial charge in [0.15, 0.2) is 0 Å². The maximum absolute atomic E-state index is 11.3. The predicted octanol–water partition coefficient (Wildman–Crippen LogP) is 2.24. The fourth-order valence-electron chi connectivity index (χ4n) is 2.31. The number of ether oxygens (including phenoxy) is 1. The average molecular weight is 332 g/mol. The van der Waals surface area contributed by atoms with E-state index in [0.29, 0.717) is 12.4 Å². The quantitative estimate of drug-likeness (QED) is 0.838. The summed E-state index contributed by atoms with van der Waals surface area (Å²) in [6, 6.07) is 3.72. The first-order valence-corrected chi connectivity index (χ1v) is 7.96. The first-order chi connectivity index (χ1) is 11.2. The normalized spacial score (nSPS) is 19.2. The molecule has 0 unspecified atom stereocenters. The van der Waals surface area contributed by atoms with E-state index in [0.717, 1.165) is 11.0 Å². The summed E-state index contributed by atoms with van der Waals surface area (Å²) in [4.78, 5) is 15.5. The van der Waals surface area contributed by atoms with Crippen LogP contribution in [0.2, 0.25) is 0 Å². The lowest BCUT2D eigenvalue weighted by Crippen LogP contribution is -2.41. The molecule has 7 heteroatoms. The van der Waals surface area contributed by atoms with Gasteiger partial charge in [0, 0.05) is 25.2 Å². The first-order valence-electron chi connectivity index (χ1n) is 7.96. The lowest BCUT2D eigenvalue weighted by Gasteiger charge is -2.32. The van der Waals surface area contributed by atoms with Gasteiger partial charge in [-0.3, -0.25) is 4.79 Å². The molecule has 2 rings (SSSR count). The standard InChI is InChI=1S/C17H25BN2O4/c1-12(21)20-11-14(10-13-8-7-9-19-15(13)22-6)18-23-16(2,3)17(4,5)24-18/h7-10H,11H2,1-6H3,(H,20,21). The van der Waals surface area contributed by atoms with Crippen LogP contribution in [0.1, 0.15) is 40.2 Å². The van der Waals surface area contributed by atoms with Crippen LogP contribution in [-0.2, 0) is 14.1 Å². The Bertz CT molecular complexity index is 627. The van der Waals surface area contributed by atoms with Gasteiger partial charge >= 0.3 is 7.12 Å². The van der Waals surface area contributed by atoms with Gasteiger partial charge in [0.2, 0.25) is 11.8 Å². The second-order valence-electron chi connectivity index (χ2n) is 6.82. The predicted molar refractivity (Wildman–Crippen MR) is 93.5 cm³/mol. The van der Waals surface area contributed by atoms with Crippen molar-refractivity contribution in [2.24, 2.45) is 0 Å². The molecule has 0 spiro atoms. The number of aromatic nitrogens is 1. The van der Waals surface area contributed by atoms with E-state index in [1.54, 1.807) is 13.3 Å². The van der Waals surface area contributed by atoms with Crippen molar-refractivity contribution < 1.29 is 18.8 Å². The third kappa shape index (κ3) is 3.97. The lowest BCUT2D eigenvalue weighted by atomic mass is 9.77. The minimum Gasteiger partial charge on any atom is -0.481 e. The summed E-state index contributed by atoms with van der Waals surface area (Å²) in [7, 11) is 1.02. The molecule has 0 saturated carbocycles. The molecule has 130 valence electrons. The van der Waals surface area contributed by atoms with Gasteiger partial charge in [-0.25, -0.2) is 4.98 Å². The molecule has 1 aliphatic heterocycles. The fourth-order valence-corrected chi connectivity index (χ4v) is 2.31. The molecule has 0 radical (unpaired) electrons. The van der Waals surface area contributed by atoms with Crippen LogP contribution in [0, 0.1) is 0 Å². The van der Waals surface area contributed by atoms with Crippen molar-refractivity contribution in [2.75, 3.05) is 13.7 Å². The fraction of sp³-hybridized carbons (Fsp3) is 0.529. The van der Waals surface area contributed by atoms with Crippen LogP contribution in [0.15, 0.2) is 23.8 Å². The molecule has 1 saturated heterocycles. The Balaban J connectivity index is 2.35. The third-order valence-electron chi connectivity index (χ3n) is 4.43. The molecule has 1 N–H and O–H groups in total. The monoisotopic (exact) mass is 332 g/mol. The highest BCUT2D eigenvalue weighted by atomic mass is 16.7. The van der Waals surface area contributed by atoms with Crippen LogP contribution in [0.3, 0.4) is 0 Å². The Morgan fingerprint density at radius 3 is 2.50 bits per heavy atom. The number of hydrogen-bond donors (Lipinski definition) is 1. The molecule has 24 heavy (non-hydrogen) atoms. The number of carbonyl (C=O) groups excluding carboxylic acids is 1. The minimum atomic E-state index is -0.549. The van der Waals surface area contributed by atoms with E-state index in [4.69, 9.17) is 14.0 Å². The number of hydrogen-bond acceptors (Lipinski definition) is 5. The van der Waals surface area contributed by atoms with Crippen LogP contribution >= 0.6 is 0 Å². The van der Waals surface area contributed by atoms with Gasteiger partial charge in [0.1, 0.15) is 0 Å². The van der Waals surface area contributed by atoms with Crippen LogP contribution in [0.4, 0.5) is 0 Å². The summed E-state index contributed by atoms with van der Waals surface area (Å²) in [6.07, 6.45) is 3.56. The van der Waals surface area contributed by atoms with Crippen molar-refractivity contribution in [2.45, 2.75) is 45.8 Å². The second kappa shape index (κ2) is 6.95. The van der Waals surface area contributed by atoms with Gasteiger partial charge in [-0.2, -0.15) is 0 Å². The summed E-state index contributed by atoms with van der Waals surface area (Å²) in [6.45, 7) is 9.78. The molecule has 0 aromatic carbocycles. The van der Waals surface area contributed by atoms with Crippen molar-refractivity contribution >= 4 is 19.1 Å². The van der Waals surface area contributed by atoms with Gasteiger partial charge < -0.3 is 19.4 Å². The first kappa shape index (κ1) is 18.5. The Hall–Kier alpha value is -1.86. The highest BCUT2D eigenvalue weighted by molar-refractivity contribution is 6.56. The third-order valence-corrected chi connectivity index (χ3v) is 4.43. The molecular formula is C17H25BN2O4. The molecule has 1 aliphatic rings. The number of methoxy groups -OCH3 is 1. The number of amides is 1. The van der Waals surface area contributed by atoms with E-state index in [2.05, 4.69) is 10.3 Å². The maximum atomic E-state index is 11.3. The van der Waals surface area contributed by atoms with Crippen LogP contribution in [0.25, 0.3) is 6.08 Å². The summed E-state index contributed by atoms with van der Waals surface area (Å²) >= 11 is 0. The van der Waals surface area contributed by atoms with E-state index in [-0.39, 0.29) is 5.91 Å². The maximum Gasteiger partial charge on any atom is 0.492 e. The number of carbonyl (C=O) groups is 1. The van der Waals surface area contributed by atoms with E-state index in [1.807, 2.05) is 45.9 Å². The van der Waals surface area contributed by atoms with Gasteiger partial charge in [0.05, 0.1) is 18.3 Å². The van der Waals surface area contributed by atoms with Crippen LogP contribution < -0.4 is 10.1 Å². The smallest absolute Gasteiger partial charge is 0.481 e. The van der Waals surface area contributed by atoms with Crippen molar-refractivity contribution in [3.05, 3.63) is 29.4 Å². The topological polar surface area (TPSA) is 69.7 Å². The number of nitrogens with zero attached hydrogens (tertiary/aromatic N) is 1. The van der Waals surface area contributed by atoms with Crippen LogP contribution in [0.5, 0.6) is 5.88 Å². The van der Waals surface area contributed by atoms with Crippen LogP contribution in [-0.4, -0.2) is 42.9 Å². The second-order valence-corrected chi connectivity index (χ2v) is 6.82. The van der Waals surface area contributed by atoms with Crippen molar-refractivity contribution in [3.63, 3.8) is 0 Å². The SMILES string of the molecule is COc1ncccc1C=C(CNC(C)=O)B1OC(C)(C)C(C)(C)O1. The molecule has 0 atom stereocenters. The summed E-state index contributed by atoms with van der Waals surface area (Å²) in [5.41, 5.74) is 0.697. The molecule has 2 heterocycles. The molecule has 1 aromatic heterocycles.